The first kappa shape index (κ1) is 14.5. The zero-order valence-corrected chi connectivity index (χ0v) is 12.3. The number of nitrogens with zero attached hydrogens (tertiary/aromatic N) is 2. The highest BCUT2D eigenvalue weighted by Crippen LogP contribution is 2.30. The van der Waals surface area contributed by atoms with Gasteiger partial charge in [0.1, 0.15) is 11.2 Å². The van der Waals surface area contributed by atoms with Crippen molar-refractivity contribution in [3.63, 3.8) is 0 Å². The van der Waals surface area contributed by atoms with E-state index in [4.69, 9.17) is 0 Å². The van der Waals surface area contributed by atoms with E-state index in [1.165, 1.54) is 18.0 Å². The minimum atomic E-state index is -0.359. The Morgan fingerprint density at radius 1 is 1.30 bits per heavy atom. The van der Waals surface area contributed by atoms with Gasteiger partial charge >= 0.3 is 0 Å². The van der Waals surface area contributed by atoms with Crippen LogP contribution in [0, 0.1) is 16.0 Å². The molecule has 1 aromatic carbocycles. The fraction of sp³-hybridized carbons (Fsp3) is 0.267. The van der Waals surface area contributed by atoms with E-state index in [9.17, 15) is 10.1 Å². The average molecular weight is 288 g/mol. The van der Waals surface area contributed by atoms with Gasteiger partial charge in [-0.1, -0.05) is 43.8 Å². The molecule has 104 valence electrons. The first-order valence-electron chi connectivity index (χ1n) is 6.42. The second kappa shape index (κ2) is 6.52. The van der Waals surface area contributed by atoms with Crippen molar-refractivity contribution < 1.29 is 4.92 Å². The summed E-state index contributed by atoms with van der Waals surface area (Å²) in [6.07, 6.45) is 2.05. The summed E-state index contributed by atoms with van der Waals surface area (Å²) in [7, 11) is 0. The maximum atomic E-state index is 11.0. The zero-order valence-electron chi connectivity index (χ0n) is 11.4. The number of benzene rings is 1. The Morgan fingerprint density at radius 2 is 2.00 bits per heavy atom. The zero-order chi connectivity index (χ0) is 14.5. The highest BCUT2D eigenvalue weighted by molar-refractivity contribution is 7.99. The molecule has 0 atom stereocenters. The Morgan fingerprint density at radius 3 is 2.60 bits per heavy atom. The molecule has 0 fully saturated rings. The Kier molecular flexibility index (Phi) is 4.74. The molecule has 0 saturated carbocycles. The predicted octanol–water partition coefficient (Wildman–Crippen LogP) is 4.34. The minimum absolute atomic E-state index is 0.108. The van der Waals surface area contributed by atoms with Crippen molar-refractivity contribution in [1.29, 1.82) is 0 Å². The van der Waals surface area contributed by atoms with Crippen molar-refractivity contribution in [3.05, 3.63) is 58.3 Å². The minimum Gasteiger partial charge on any atom is -0.258 e. The molecule has 0 radical (unpaired) electrons. The van der Waals surface area contributed by atoms with Crippen molar-refractivity contribution in [2.45, 2.75) is 30.2 Å². The molecule has 0 bridgehead atoms. The van der Waals surface area contributed by atoms with Gasteiger partial charge in [0.05, 0.1) is 4.92 Å². The third kappa shape index (κ3) is 3.81. The van der Waals surface area contributed by atoms with Crippen molar-refractivity contribution in [2.75, 3.05) is 0 Å². The first-order chi connectivity index (χ1) is 9.56. The topological polar surface area (TPSA) is 56.0 Å². The lowest BCUT2D eigenvalue weighted by Crippen LogP contribution is -2.01. The Labute approximate surface area is 122 Å². The third-order valence-corrected chi connectivity index (χ3v) is 3.67. The molecule has 5 heteroatoms. The van der Waals surface area contributed by atoms with Gasteiger partial charge in [-0.3, -0.25) is 10.1 Å². The van der Waals surface area contributed by atoms with Gasteiger partial charge in [0, 0.05) is 10.5 Å². The Balaban J connectivity index is 2.29. The highest BCUT2D eigenvalue weighted by atomic mass is 32.2. The lowest BCUT2D eigenvalue weighted by atomic mass is 10.0. The van der Waals surface area contributed by atoms with Crippen LogP contribution in [0.4, 0.5) is 5.69 Å². The van der Waals surface area contributed by atoms with Crippen LogP contribution in [0.1, 0.15) is 19.4 Å². The van der Waals surface area contributed by atoms with E-state index in [1.807, 2.05) is 50.2 Å². The molecule has 2 rings (SSSR count). The van der Waals surface area contributed by atoms with E-state index < -0.39 is 0 Å². The maximum Gasteiger partial charge on any atom is 0.290 e. The normalized spacial score (nSPS) is 10.8. The summed E-state index contributed by atoms with van der Waals surface area (Å²) in [5.74, 6) is 0.366. The summed E-state index contributed by atoms with van der Waals surface area (Å²) >= 11 is 1.52. The van der Waals surface area contributed by atoms with Gasteiger partial charge in [-0.15, -0.1) is 0 Å². The van der Waals surface area contributed by atoms with E-state index in [0.717, 1.165) is 15.5 Å². The molecule has 0 amide bonds. The molecular formula is C15H16N2O2S. The van der Waals surface area contributed by atoms with Crippen molar-refractivity contribution in [3.8, 4) is 0 Å². The monoisotopic (exact) mass is 288 g/mol. The second-order valence-corrected chi connectivity index (χ2v) is 6.02. The van der Waals surface area contributed by atoms with Gasteiger partial charge in [0.15, 0.2) is 0 Å². The standard InChI is InChI=1S/C15H16N2O2S/c1-11(2)8-12-9-15(16-10-14(12)17(18)19)20-13-6-4-3-5-7-13/h3-7,9-11H,8H2,1-2H3. The molecule has 1 aromatic heterocycles. The van der Waals surface area contributed by atoms with E-state index in [2.05, 4.69) is 4.98 Å². The van der Waals surface area contributed by atoms with Crippen LogP contribution < -0.4 is 0 Å². The Hall–Kier alpha value is -1.88. The van der Waals surface area contributed by atoms with Gasteiger partial charge < -0.3 is 0 Å². The third-order valence-electron chi connectivity index (χ3n) is 2.73. The molecule has 1 heterocycles. The lowest BCUT2D eigenvalue weighted by molar-refractivity contribution is -0.386. The summed E-state index contributed by atoms with van der Waals surface area (Å²) in [5.41, 5.74) is 0.856. The number of hydrogen-bond acceptors (Lipinski definition) is 4. The number of aromatic nitrogens is 1. The number of nitro groups is 1. The van der Waals surface area contributed by atoms with Gasteiger partial charge in [-0.05, 0) is 30.5 Å². The summed E-state index contributed by atoms with van der Waals surface area (Å²) < 4.78 is 0. The maximum absolute atomic E-state index is 11.0. The summed E-state index contributed by atoms with van der Waals surface area (Å²) in [5, 5.41) is 11.8. The van der Waals surface area contributed by atoms with E-state index in [1.54, 1.807) is 0 Å². The van der Waals surface area contributed by atoms with Crippen LogP contribution in [0.25, 0.3) is 0 Å². The molecule has 4 nitrogen and oxygen atoms in total. The van der Waals surface area contributed by atoms with E-state index in [0.29, 0.717) is 12.3 Å². The lowest BCUT2D eigenvalue weighted by Gasteiger charge is -2.07. The van der Waals surface area contributed by atoms with Gasteiger partial charge in [0.2, 0.25) is 0 Å². The molecule has 0 N–H and O–H groups in total. The summed E-state index contributed by atoms with van der Waals surface area (Å²) in [4.78, 5) is 15.9. The highest BCUT2D eigenvalue weighted by Gasteiger charge is 2.16. The quantitative estimate of drug-likeness (QED) is 0.606. The van der Waals surface area contributed by atoms with E-state index in [-0.39, 0.29) is 10.6 Å². The smallest absolute Gasteiger partial charge is 0.258 e. The molecule has 20 heavy (non-hydrogen) atoms. The predicted molar refractivity (Wildman–Crippen MR) is 80.0 cm³/mol. The van der Waals surface area contributed by atoms with Gasteiger partial charge in [-0.25, -0.2) is 4.98 Å². The van der Waals surface area contributed by atoms with Crippen LogP contribution in [0.5, 0.6) is 0 Å². The molecule has 0 unspecified atom stereocenters. The number of rotatable bonds is 5. The van der Waals surface area contributed by atoms with Crippen LogP contribution in [-0.2, 0) is 6.42 Å². The molecule has 2 aromatic rings. The van der Waals surface area contributed by atoms with Crippen LogP contribution >= 0.6 is 11.8 Å². The van der Waals surface area contributed by atoms with Crippen LogP contribution in [0.15, 0.2) is 52.5 Å². The fourth-order valence-corrected chi connectivity index (χ4v) is 2.74. The van der Waals surface area contributed by atoms with Crippen LogP contribution in [0.3, 0.4) is 0 Å². The second-order valence-electron chi connectivity index (χ2n) is 4.92. The molecule has 0 aliphatic heterocycles. The average Bonchev–Trinajstić information content (AvgIpc) is 2.39. The van der Waals surface area contributed by atoms with Crippen LogP contribution in [0.2, 0.25) is 0 Å². The fourth-order valence-electron chi connectivity index (χ4n) is 1.90. The Bertz CT molecular complexity index is 600. The first-order valence-corrected chi connectivity index (χ1v) is 7.24. The molecule has 0 saturated heterocycles. The van der Waals surface area contributed by atoms with E-state index >= 15 is 0 Å². The van der Waals surface area contributed by atoms with Crippen molar-refractivity contribution in [2.24, 2.45) is 5.92 Å². The van der Waals surface area contributed by atoms with Gasteiger partial charge in [-0.2, -0.15) is 0 Å². The number of pyridine rings is 1. The van der Waals surface area contributed by atoms with Crippen molar-refractivity contribution in [1.82, 2.24) is 4.98 Å². The molecular weight excluding hydrogens is 272 g/mol. The summed E-state index contributed by atoms with van der Waals surface area (Å²) in [6, 6.07) is 11.7. The molecule has 0 spiro atoms. The molecule has 0 aliphatic rings. The van der Waals surface area contributed by atoms with Crippen molar-refractivity contribution >= 4 is 17.4 Å². The van der Waals surface area contributed by atoms with Gasteiger partial charge in [0.25, 0.3) is 5.69 Å². The van der Waals surface area contributed by atoms with Crippen LogP contribution in [-0.4, -0.2) is 9.91 Å². The summed E-state index contributed by atoms with van der Waals surface area (Å²) in [6.45, 7) is 4.10. The SMILES string of the molecule is CC(C)Cc1cc(Sc2ccccc2)ncc1[N+](=O)[O-]. The molecule has 0 aliphatic carbocycles. The number of hydrogen-bond donors (Lipinski definition) is 0. The largest absolute Gasteiger partial charge is 0.290 e.